The Balaban J connectivity index is 2.25. The summed E-state index contributed by atoms with van der Waals surface area (Å²) in [7, 11) is -1.73. The summed E-state index contributed by atoms with van der Waals surface area (Å²) in [6.45, 7) is 3.68. The van der Waals surface area contributed by atoms with Gasteiger partial charge in [-0.05, 0) is 54.0 Å². The van der Waals surface area contributed by atoms with E-state index < -0.39 is 15.8 Å². The van der Waals surface area contributed by atoms with E-state index in [2.05, 4.69) is 25.6 Å². The van der Waals surface area contributed by atoms with Crippen LogP contribution in [0.1, 0.15) is 13.3 Å². The molecule has 2 unspecified atom stereocenters. The Hall–Kier alpha value is -0.700. The molecule has 1 fully saturated rings. The molecule has 0 aliphatic carbocycles. The Kier molecular flexibility index (Phi) is 4.92. The van der Waals surface area contributed by atoms with Gasteiger partial charge in [-0.15, -0.1) is 0 Å². The Morgan fingerprint density at radius 1 is 1.48 bits per heavy atom. The molecule has 0 bridgehead atoms. The first kappa shape index (κ1) is 16.7. The largest absolute Gasteiger partial charge is 0.396 e. The van der Waals surface area contributed by atoms with Crippen LogP contribution >= 0.6 is 15.9 Å². The summed E-state index contributed by atoms with van der Waals surface area (Å²) in [5.74, 6) is -0.441. The second-order valence-corrected chi connectivity index (χ2v) is 8.10. The number of likely N-dealkylation sites (tertiary alicyclic amines) is 1. The van der Waals surface area contributed by atoms with E-state index in [-0.39, 0.29) is 27.0 Å². The van der Waals surface area contributed by atoms with Crippen LogP contribution in [-0.4, -0.2) is 39.5 Å². The van der Waals surface area contributed by atoms with Crippen LogP contribution in [-0.2, 0) is 10.0 Å². The second kappa shape index (κ2) is 6.20. The van der Waals surface area contributed by atoms with Crippen molar-refractivity contribution < 1.29 is 12.8 Å². The minimum Gasteiger partial charge on any atom is -0.396 e. The van der Waals surface area contributed by atoms with Gasteiger partial charge in [-0.25, -0.2) is 17.5 Å². The molecule has 0 spiro atoms. The highest BCUT2D eigenvalue weighted by Crippen LogP contribution is 2.28. The summed E-state index contributed by atoms with van der Waals surface area (Å²) >= 11 is 3.08. The number of nitrogens with two attached hydrogens (primary N) is 1. The third kappa shape index (κ3) is 3.74. The van der Waals surface area contributed by atoms with Gasteiger partial charge in [-0.2, -0.15) is 0 Å². The summed E-state index contributed by atoms with van der Waals surface area (Å²) in [4.78, 5) is 2.13. The molecule has 5 nitrogen and oxygen atoms in total. The number of benzene rings is 1. The average Bonchev–Trinajstić information content (AvgIpc) is 2.37. The lowest BCUT2D eigenvalue weighted by atomic mass is 9.95. The van der Waals surface area contributed by atoms with Crippen molar-refractivity contribution in [3.63, 3.8) is 0 Å². The highest BCUT2D eigenvalue weighted by molar-refractivity contribution is 9.10. The minimum absolute atomic E-state index is 0.0347. The fraction of sp³-hybridized carbons (Fsp3) is 0.538. The van der Waals surface area contributed by atoms with Crippen LogP contribution in [0, 0.1) is 11.7 Å². The summed E-state index contributed by atoms with van der Waals surface area (Å²) in [6, 6.07) is 2.08. The minimum atomic E-state index is -3.74. The number of nitrogens with zero attached hydrogens (tertiary/aromatic N) is 1. The van der Waals surface area contributed by atoms with Crippen molar-refractivity contribution in [3.8, 4) is 0 Å². The Labute approximate surface area is 132 Å². The molecule has 1 heterocycles. The van der Waals surface area contributed by atoms with E-state index in [1.165, 1.54) is 0 Å². The highest BCUT2D eigenvalue weighted by atomic mass is 79.9. The SMILES string of the molecule is CC1CN(C)CCC1NS(=O)(=O)c1cc(N)c(F)cc1Br. The number of anilines is 1. The Bertz CT molecular complexity index is 639. The summed E-state index contributed by atoms with van der Waals surface area (Å²) in [5, 5.41) is 0. The number of piperidine rings is 1. The molecule has 1 aliphatic rings. The zero-order valence-electron chi connectivity index (χ0n) is 11.9. The van der Waals surface area contributed by atoms with E-state index in [0.29, 0.717) is 0 Å². The van der Waals surface area contributed by atoms with E-state index in [4.69, 9.17) is 5.73 Å². The van der Waals surface area contributed by atoms with Crippen molar-refractivity contribution in [2.45, 2.75) is 24.3 Å². The van der Waals surface area contributed by atoms with Gasteiger partial charge in [0.15, 0.2) is 0 Å². The number of hydrogen-bond acceptors (Lipinski definition) is 4. The fourth-order valence-electron chi connectivity index (χ4n) is 2.54. The first-order valence-electron chi connectivity index (χ1n) is 6.66. The highest BCUT2D eigenvalue weighted by Gasteiger charge is 2.30. The molecular formula is C13H19BrFN3O2S. The molecule has 1 aromatic rings. The van der Waals surface area contributed by atoms with Gasteiger partial charge < -0.3 is 10.6 Å². The van der Waals surface area contributed by atoms with Crippen LogP contribution in [0.4, 0.5) is 10.1 Å². The average molecular weight is 380 g/mol. The molecule has 1 aliphatic heterocycles. The maximum atomic E-state index is 13.3. The smallest absolute Gasteiger partial charge is 0.242 e. The monoisotopic (exact) mass is 379 g/mol. The molecule has 2 rings (SSSR count). The first-order chi connectivity index (χ1) is 9.70. The van der Waals surface area contributed by atoms with E-state index >= 15 is 0 Å². The molecule has 0 radical (unpaired) electrons. The van der Waals surface area contributed by atoms with Crippen LogP contribution < -0.4 is 10.5 Å². The number of halogens is 2. The van der Waals surface area contributed by atoms with Crippen molar-refractivity contribution in [2.75, 3.05) is 25.9 Å². The van der Waals surface area contributed by atoms with Gasteiger partial charge in [0.25, 0.3) is 0 Å². The molecule has 0 saturated carbocycles. The molecule has 0 amide bonds. The molecule has 1 aromatic carbocycles. The Morgan fingerprint density at radius 2 is 2.14 bits per heavy atom. The Morgan fingerprint density at radius 3 is 2.76 bits per heavy atom. The lowest BCUT2D eigenvalue weighted by molar-refractivity contribution is 0.188. The van der Waals surface area contributed by atoms with Gasteiger partial charge in [0.05, 0.1) is 10.6 Å². The molecule has 118 valence electrons. The van der Waals surface area contributed by atoms with Gasteiger partial charge in [0.1, 0.15) is 5.82 Å². The lowest BCUT2D eigenvalue weighted by Crippen LogP contribution is -2.48. The predicted octanol–water partition coefficient (Wildman–Crippen LogP) is 1.79. The predicted molar refractivity (Wildman–Crippen MR) is 83.9 cm³/mol. The zero-order valence-corrected chi connectivity index (χ0v) is 14.3. The maximum absolute atomic E-state index is 13.3. The first-order valence-corrected chi connectivity index (χ1v) is 8.93. The number of nitrogen functional groups attached to an aromatic ring is 1. The second-order valence-electron chi connectivity index (χ2n) is 5.56. The van der Waals surface area contributed by atoms with Gasteiger partial charge >= 0.3 is 0 Å². The molecule has 21 heavy (non-hydrogen) atoms. The van der Waals surface area contributed by atoms with Crippen molar-refractivity contribution >= 4 is 31.6 Å². The summed E-state index contributed by atoms with van der Waals surface area (Å²) in [5.41, 5.74) is 5.28. The maximum Gasteiger partial charge on any atom is 0.242 e. The lowest BCUT2D eigenvalue weighted by Gasteiger charge is -2.35. The number of nitrogens with one attached hydrogen (secondary N) is 1. The number of sulfonamides is 1. The van der Waals surface area contributed by atoms with E-state index in [9.17, 15) is 12.8 Å². The van der Waals surface area contributed by atoms with Crippen molar-refractivity contribution in [3.05, 3.63) is 22.4 Å². The third-order valence-electron chi connectivity index (χ3n) is 3.76. The summed E-state index contributed by atoms with van der Waals surface area (Å²) in [6.07, 6.45) is 0.741. The van der Waals surface area contributed by atoms with Crippen molar-refractivity contribution in [1.29, 1.82) is 0 Å². The van der Waals surface area contributed by atoms with Crippen LogP contribution in [0.3, 0.4) is 0 Å². The van der Waals surface area contributed by atoms with E-state index in [1.807, 2.05) is 14.0 Å². The van der Waals surface area contributed by atoms with Gasteiger partial charge in [0, 0.05) is 17.1 Å². The zero-order chi connectivity index (χ0) is 15.8. The molecule has 1 saturated heterocycles. The molecule has 3 N–H and O–H groups in total. The standard InChI is InChI=1S/C13H19BrFN3O2S/c1-8-7-18(2)4-3-12(8)17-21(19,20)13-6-11(16)10(15)5-9(13)14/h5-6,8,12,17H,3-4,7,16H2,1-2H3. The van der Waals surface area contributed by atoms with Crippen molar-refractivity contribution in [1.82, 2.24) is 9.62 Å². The van der Waals surface area contributed by atoms with Gasteiger partial charge in [-0.1, -0.05) is 6.92 Å². The van der Waals surface area contributed by atoms with Gasteiger partial charge in [-0.3, -0.25) is 0 Å². The fourth-order valence-corrected chi connectivity index (χ4v) is 4.97. The molecular weight excluding hydrogens is 361 g/mol. The van der Waals surface area contributed by atoms with Crippen molar-refractivity contribution in [2.24, 2.45) is 5.92 Å². The number of hydrogen-bond donors (Lipinski definition) is 2. The summed E-state index contributed by atoms with van der Waals surface area (Å²) < 4.78 is 41.2. The van der Waals surface area contributed by atoms with E-state index in [0.717, 1.165) is 31.6 Å². The van der Waals surface area contributed by atoms with Crippen LogP contribution in [0.5, 0.6) is 0 Å². The molecule has 8 heteroatoms. The molecule has 0 aromatic heterocycles. The normalized spacial score (nSPS) is 24.2. The van der Waals surface area contributed by atoms with E-state index in [1.54, 1.807) is 0 Å². The van der Waals surface area contributed by atoms with Crippen LogP contribution in [0.2, 0.25) is 0 Å². The quantitative estimate of drug-likeness (QED) is 0.785. The number of rotatable bonds is 3. The topological polar surface area (TPSA) is 75.4 Å². The molecule has 2 atom stereocenters. The van der Waals surface area contributed by atoms with Crippen LogP contribution in [0.15, 0.2) is 21.5 Å². The van der Waals surface area contributed by atoms with Crippen LogP contribution in [0.25, 0.3) is 0 Å². The third-order valence-corrected chi connectivity index (χ3v) is 6.20. The van der Waals surface area contributed by atoms with Gasteiger partial charge in [0.2, 0.25) is 10.0 Å².